The summed E-state index contributed by atoms with van der Waals surface area (Å²) in [6, 6.07) is 5.78. The number of carbonyl (C=O) groups excluding carboxylic acids is 4. The van der Waals surface area contributed by atoms with Crippen LogP contribution in [0.25, 0.3) is 0 Å². The number of nitrogens with zero attached hydrogens (tertiary/aromatic N) is 2. The molecule has 4 fully saturated rings. The van der Waals surface area contributed by atoms with E-state index in [0.717, 1.165) is 36.9 Å². The van der Waals surface area contributed by atoms with Crippen LogP contribution in [-0.2, 0) is 25.7 Å². The molecule has 39 heavy (non-hydrogen) atoms. The summed E-state index contributed by atoms with van der Waals surface area (Å²) in [7, 11) is 1.85. The number of likely N-dealkylation sites (tertiary alicyclic amines) is 1. The van der Waals surface area contributed by atoms with Crippen LogP contribution in [0.5, 0.6) is 0 Å². The van der Waals surface area contributed by atoms with Gasteiger partial charge < -0.3 is 30.5 Å². The number of amides is 3. The standard InChI is InChI=1S/C29H39N5O5/c1-17(30-3)18(2)32-23-10-5-4-9-21-11-12-24(34(21)28(23)37)26(35)31-15-19-7-6-8-20(13-19)27(36)33-16-22-14-25(33)29(38)39-22/h6-8,13,17,21-25,30,32H,2,4-5,9-12,14-16H2,1,3H3,(H,31,35)/t17-,21-,22-,23-,24-,25-/m0/s1. The van der Waals surface area contributed by atoms with Gasteiger partial charge in [0.2, 0.25) is 11.8 Å². The lowest BCUT2D eigenvalue weighted by Gasteiger charge is -2.36. The van der Waals surface area contributed by atoms with Gasteiger partial charge in [-0.1, -0.05) is 31.6 Å². The summed E-state index contributed by atoms with van der Waals surface area (Å²) in [5, 5.41) is 9.47. The van der Waals surface area contributed by atoms with Gasteiger partial charge in [-0.25, -0.2) is 4.79 Å². The lowest BCUT2D eigenvalue weighted by Crippen LogP contribution is -2.56. The Balaban J connectivity index is 1.22. The molecular weight excluding hydrogens is 498 g/mol. The van der Waals surface area contributed by atoms with Gasteiger partial charge in [0, 0.05) is 36.3 Å². The zero-order valence-electron chi connectivity index (χ0n) is 22.8. The molecule has 10 nitrogen and oxygen atoms in total. The van der Waals surface area contributed by atoms with E-state index in [1.807, 2.05) is 24.9 Å². The van der Waals surface area contributed by atoms with Crippen molar-refractivity contribution in [1.29, 1.82) is 0 Å². The number of nitrogens with one attached hydrogen (secondary N) is 3. The van der Waals surface area contributed by atoms with E-state index < -0.39 is 18.1 Å². The van der Waals surface area contributed by atoms with Crippen LogP contribution >= 0.6 is 0 Å². The highest BCUT2D eigenvalue weighted by atomic mass is 16.6. The molecule has 4 aliphatic heterocycles. The van der Waals surface area contributed by atoms with Crippen molar-refractivity contribution in [3.05, 3.63) is 47.7 Å². The Morgan fingerprint density at radius 1 is 1.15 bits per heavy atom. The van der Waals surface area contributed by atoms with E-state index in [0.29, 0.717) is 31.4 Å². The van der Waals surface area contributed by atoms with Gasteiger partial charge in [-0.05, 0) is 57.4 Å². The van der Waals surface area contributed by atoms with Gasteiger partial charge >= 0.3 is 5.97 Å². The maximum absolute atomic E-state index is 13.7. The Morgan fingerprint density at radius 3 is 2.69 bits per heavy atom. The molecule has 3 N–H and O–H groups in total. The normalized spacial score (nSPS) is 28.8. The largest absolute Gasteiger partial charge is 0.459 e. The first-order valence-corrected chi connectivity index (χ1v) is 14.1. The van der Waals surface area contributed by atoms with Crippen molar-refractivity contribution in [1.82, 2.24) is 25.8 Å². The third-order valence-electron chi connectivity index (χ3n) is 8.67. The molecular formula is C29H39N5O5. The van der Waals surface area contributed by atoms with Crippen molar-refractivity contribution in [2.75, 3.05) is 13.6 Å². The van der Waals surface area contributed by atoms with Crippen molar-refractivity contribution < 1.29 is 23.9 Å². The summed E-state index contributed by atoms with van der Waals surface area (Å²) in [4.78, 5) is 55.5. The van der Waals surface area contributed by atoms with E-state index in [1.54, 1.807) is 23.1 Å². The zero-order chi connectivity index (χ0) is 27.7. The first kappa shape index (κ1) is 27.2. The lowest BCUT2D eigenvalue weighted by molar-refractivity contribution is -0.149. The second kappa shape index (κ2) is 11.4. The summed E-state index contributed by atoms with van der Waals surface area (Å²) in [5.41, 5.74) is 2.03. The van der Waals surface area contributed by atoms with Crippen LogP contribution in [0.4, 0.5) is 0 Å². The van der Waals surface area contributed by atoms with Crippen LogP contribution in [0.2, 0.25) is 0 Å². The molecule has 2 bridgehead atoms. The summed E-state index contributed by atoms with van der Waals surface area (Å²) >= 11 is 0. The number of benzene rings is 1. The second-order valence-electron chi connectivity index (χ2n) is 11.2. The molecule has 1 aromatic rings. The molecule has 6 atom stereocenters. The molecule has 0 aromatic heterocycles. The summed E-state index contributed by atoms with van der Waals surface area (Å²) < 4.78 is 5.20. The minimum Gasteiger partial charge on any atom is -0.459 e. The number of esters is 1. The molecule has 3 amide bonds. The van der Waals surface area contributed by atoms with Gasteiger partial charge in [0.1, 0.15) is 24.2 Å². The number of morpholine rings is 1. The highest BCUT2D eigenvalue weighted by Gasteiger charge is 2.48. The van der Waals surface area contributed by atoms with Crippen molar-refractivity contribution in [2.24, 2.45) is 0 Å². The Hall–Kier alpha value is -3.40. The first-order chi connectivity index (χ1) is 18.8. The molecule has 210 valence electrons. The zero-order valence-corrected chi connectivity index (χ0v) is 22.8. The quantitative estimate of drug-likeness (QED) is 0.430. The monoisotopic (exact) mass is 537 g/mol. The highest BCUT2D eigenvalue weighted by Crippen LogP contribution is 2.32. The maximum Gasteiger partial charge on any atom is 0.329 e. The van der Waals surface area contributed by atoms with Crippen LogP contribution in [-0.4, -0.2) is 83.4 Å². The number of carbonyl (C=O) groups is 4. The molecule has 1 aromatic carbocycles. The molecule has 0 unspecified atom stereocenters. The number of likely N-dealkylation sites (N-methyl/N-ethyl adjacent to an activating group) is 1. The summed E-state index contributed by atoms with van der Waals surface area (Å²) in [6.07, 6.45) is 5.39. The van der Waals surface area contributed by atoms with E-state index in [9.17, 15) is 19.2 Å². The number of fused-ring (bicyclic) bond motifs is 3. The smallest absolute Gasteiger partial charge is 0.329 e. The van der Waals surface area contributed by atoms with E-state index in [-0.39, 0.29) is 48.4 Å². The van der Waals surface area contributed by atoms with Crippen molar-refractivity contribution in [3.8, 4) is 0 Å². The van der Waals surface area contributed by atoms with E-state index in [1.165, 1.54) is 0 Å². The third-order valence-corrected chi connectivity index (χ3v) is 8.67. The van der Waals surface area contributed by atoms with Gasteiger partial charge in [0.15, 0.2) is 0 Å². The van der Waals surface area contributed by atoms with Gasteiger partial charge in [-0.15, -0.1) is 0 Å². The second-order valence-corrected chi connectivity index (χ2v) is 11.2. The lowest BCUT2D eigenvalue weighted by atomic mass is 9.98. The molecule has 4 saturated heterocycles. The van der Waals surface area contributed by atoms with Gasteiger partial charge in [-0.3, -0.25) is 14.4 Å². The molecule has 0 saturated carbocycles. The molecule has 10 heteroatoms. The number of ether oxygens (including phenoxy) is 1. The molecule has 5 rings (SSSR count). The van der Waals surface area contributed by atoms with Crippen molar-refractivity contribution >= 4 is 23.7 Å². The first-order valence-electron chi connectivity index (χ1n) is 14.1. The Bertz CT molecular complexity index is 1150. The maximum atomic E-state index is 13.7. The Kier molecular flexibility index (Phi) is 7.93. The molecule has 0 radical (unpaired) electrons. The number of hydrogen-bond donors (Lipinski definition) is 3. The fourth-order valence-electron chi connectivity index (χ4n) is 6.31. The molecule has 4 aliphatic rings. The Labute approximate surface area is 229 Å². The van der Waals surface area contributed by atoms with Crippen LogP contribution in [0, 0.1) is 0 Å². The predicted octanol–water partition coefficient (Wildman–Crippen LogP) is 1.46. The fraction of sp³-hybridized carbons (Fsp3) is 0.586. The topological polar surface area (TPSA) is 120 Å². The average Bonchev–Trinajstić information content (AvgIpc) is 3.65. The summed E-state index contributed by atoms with van der Waals surface area (Å²) in [5.74, 6) is -0.753. The van der Waals surface area contributed by atoms with Crippen molar-refractivity contribution in [3.63, 3.8) is 0 Å². The summed E-state index contributed by atoms with van der Waals surface area (Å²) in [6.45, 7) is 6.75. The molecule has 0 aliphatic carbocycles. The minimum atomic E-state index is -0.518. The Morgan fingerprint density at radius 2 is 1.95 bits per heavy atom. The van der Waals surface area contributed by atoms with Crippen LogP contribution < -0.4 is 16.0 Å². The van der Waals surface area contributed by atoms with Crippen LogP contribution in [0.3, 0.4) is 0 Å². The molecule has 4 heterocycles. The van der Waals surface area contributed by atoms with Gasteiger partial charge in [-0.2, -0.15) is 0 Å². The predicted molar refractivity (Wildman–Crippen MR) is 144 cm³/mol. The van der Waals surface area contributed by atoms with E-state index >= 15 is 0 Å². The van der Waals surface area contributed by atoms with Crippen molar-refractivity contribution in [2.45, 2.75) is 94.7 Å². The number of rotatable bonds is 8. The SMILES string of the molecule is C=C(N[C@H]1CCCC[C@H]2CC[C@@H](C(=O)NCc3cccc(C(=O)N4C[C@@H]5C[C@H]4C(=O)O5)c3)N2C1=O)[C@H](C)NC. The fourth-order valence-corrected chi connectivity index (χ4v) is 6.31. The number of hydrogen-bond acceptors (Lipinski definition) is 7. The van der Waals surface area contributed by atoms with E-state index in [4.69, 9.17) is 4.74 Å². The van der Waals surface area contributed by atoms with Crippen LogP contribution in [0.1, 0.15) is 67.8 Å². The van der Waals surface area contributed by atoms with Gasteiger partial charge in [0.05, 0.1) is 6.54 Å². The van der Waals surface area contributed by atoms with Crippen LogP contribution in [0.15, 0.2) is 36.5 Å². The minimum absolute atomic E-state index is 0.0220. The van der Waals surface area contributed by atoms with Gasteiger partial charge in [0.25, 0.3) is 5.91 Å². The highest BCUT2D eigenvalue weighted by molar-refractivity contribution is 5.98. The third kappa shape index (κ3) is 5.52. The van der Waals surface area contributed by atoms with E-state index in [2.05, 4.69) is 22.5 Å². The molecule has 0 spiro atoms. The average molecular weight is 538 g/mol.